The largest absolute Gasteiger partial charge is 0.507 e. The van der Waals surface area contributed by atoms with Crippen LogP contribution in [0.15, 0.2) is 77.7 Å². The van der Waals surface area contributed by atoms with E-state index >= 15 is 0 Å². The van der Waals surface area contributed by atoms with Gasteiger partial charge in [-0.2, -0.15) is 0 Å². The number of amides is 9. The van der Waals surface area contributed by atoms with Crippen LogP contribution >= 0.6 is 11.6 Å². The number of imidazole rings is 4. The Morgan fingerprint density at radius 1 is 0.598 bits per heavy atom. The monoisotopic (exact) mass is 1350 g/mol. The minimum atomic E-state index is -0.671. The lowest BCUT2D eigenvalue weighted by atomic mass is 9.94. The molecule has 1 atom stereocenters. The van der Waals surface area contributed by atoms with Crippen molar-refractivity contribution < 1.29 is 52.7 Å². The van der Waals surface area contributed by atoms with Gasteiger partial charge in [0.1, 0.15) is 11.3 Å². The number of aromatic hydroxyl groups is 1. The number of halogens is 1. The van der Waals surface area contributed by atoms with Gasteiger partial charge in [-0.1, -0.05) is 13.8 Å². The molecule has 2 aliphatic rings. The molecule has 1 saturated heterocycles. The topological polar surface area (TPSA) is 367 Å². The summed E-state index contributed by atoms with van der Waals surface area (Å²) < 4.78 is 11.5. The van der Waals surface area contributed by atoms with Gasteiger partial charge in [0.2, 0.25) is 41.0 Å². The smallest absolute Gasteiger partial charge is 0.294 e. The summed E-state index contributed by atoms with van der Waals surface area (Å²) in [5, 5.41) is 34.4. The van der Waals surface area contributed by atoms with Crippen LogP contribution in [0.1, 0.15) is 121 Å². The van der Waals surface area contributed by atoms with Gasteiger partial charge >= 0.3 is 0 Å². The summed E-state index contributed by atoms with van der Waals surface area (Å²) in [6.07, 6.45) is 8.31. The van der Waals surface area contributed by atoms with Crippen molar-refractivity contribution in [1.82, 2.24) is 68.9 Å². The molecule has 514 valence electrons. The number of phenolic OH excluding ortho intramolecular Hbond substituents is 1. The van der Waals surface area contributed by atoms with Crippen LogP contribution in [0.3, 0.4) is 0 Å². The number of aryl methyl sites for hydroxylation is 4. The number of carbonyl (C=O) groups is 9. The van der Waals surface area contributed by atoms with Crippen LogP contribution in [0, 0.1) is 0 Å². The Kier molecular flexibility index (Phi) is 23.2. The van der Waals surface area contributed by atoms with Crippen molar-refractivity contribution >= 4 is 121 Å². The van der Waals surface area contributed by atoms with Gasteiger partial charge in [-0.25, -0.2) is 19.9 Å². The number of rotatable bonds is 25. The summed E-state index contributed by atoms with van der Waals surface area (Å²) in [6, 6.07) is 13.5. The number of piperazine rings is 1. The number of hydrogen-bond donors (Lipinski definition) is 9. The molecule has 1 fully saturated rings. The van der Waals surface area contributed by atoms with Gasteiger partial charge in [0.25, 0.3) is 35.4 Å². The van der Waals surface area contributed by atoms with Gasteiger partial charge in [-0.3, -0.25) is 43.2 Å². The number of benzene rings is 3. The summed E-state index contributed by atoms with van der Waals surface area (Å²) in [5.41, 5.74) is 2.93. The van der Waals surface area contributed by atoms with E-state index in [2.05, 4.69) is 79.2 Å². The zero-order valence-electron chi connectivity index (χ0n) is 55.6. The number of phenols is 1. The molecule has 3 aromatic carbocycles. The van der Waals surface area contributed by atoms with Crippen LogP contribution in [0.4, 0.5) is 34.6 Å². The molecule has 0 saturated carbocycles. The Labute approximate surface area is 563 Å². The molecule has 31 nitrogen and oxygen atoms in total. The average molecular weight is 1350 g/mol. The van der Waals surface area contributed by atoms with Crippen molar-refractivity contribution in [2.75, 3.05) is 123 Å². The second-order valence-electron chi connectivity index (χ2n) is 23.8. The van der Waals surface area contributed by atoms with Crippen molar-refractivity contribution in [2.45, 2.75) is 52.4 Å². The highest BCUT2D eigenvalue weighted by atomic mass is 35.5. The quantitative estimate of drug-likeness (QED) is 0.0271. The zero-order valence-corrected chi connectivity index (χ0v) is 56.3. The highest BCUT2D eigenvalue weighted by Crippen LogP contribution is 2.46. The van der Waals surface area contributed by atoms with E-state index in [0.29, 0.717) is 64.7 Å². The summed E-state index contributed by atoms with van der Waals surface area (Å²) in [4.78, 5) is 140. The van der Waals surface area contributed by atoms with Gasteiger partial charge < -0.3 is 89.9 Å². The predicted molar refractivity (Wildman–Crippen MR) is 366 cm³/mol. The normalized spacial score (nSPS) is 13.8. The Morgan fingerprint density at radius 2 is 1.15 bits per heavy atom. The molecule has 2 aliphatic heterocycles. The second-order valence-corrected chi connectivity index (χ2v) is 24.1. The number of anilines is 6. The van der Waals surface area contributed by atoms with E-state index in [-0.39, 0.29) is 119 Å². The zero-order chi connectivity index (χ0) is 69.8. The maximum Gasteiger partial charge on any atom is 0.294 e. The fourth-order valence-corrected chi connectivity index (χ4v) is 11.5. The molecular weight excluding hydrogens is 1270 g/mol. The molecule has 0 spiro atoms. The maximum atomic E-state index is 13.6. The van der Waals surface area contributed by atoms with Crippen molar-refractivity contribution in [2.24, 2.45) is 28.2 Å². The highest BCUT2D eigenvalue weighted by molar-refractivity contribution is 6.19. The third-order valence-corrected chi connectivity index (χ3v) is 16.4. The average Bonchev–Trinajstić information content (AvgIpc) is 1.63. The number of furan rings is 1. The van der Waals surface area contributed by atoms with E-state index in [1.165, 1.54) is 43.1 Å². The molecule has 5 aromatic heterocycles. The minimum Gasteiger partial charge on any atom is -0.507 e. The van der Waals surface area contributed by atoms with E-state index in [1.807, 2.05) is 6.92 Å². The molecule has 0 aliphatic carbocycles. The number of nitrogens with one attached hydrogen (secondary N) is 8. The fourth-order valence-electron chi connectivity index (χ4n) is 11.3. The van der Waals surface area contributed by atoms with E-state index in [9.17, 15) is 48.3 Å². The fraction of sp³-hybridized carbons (Fsp3) is 0.400. The molecule has 32 heteroatoms. The summed E-state index contributed by atoms with van der Waals surface area (Å²) >= 11 is 6.34. The lowest BCUT2D eigenvalue weighted by Crippen LogP contribution is -2.47. The number of nitrogens with zero attached hydrogens (tertiary/aromatic N) is 12. The van der Waals surface area contributed by atoms with E-state index < -0.39 is 23.6 Å². The summed E-state index contributed by atoms with van der Waals surface area (Å²) in [6.45, 7) is 13.7. The molecule has 9 N–H and O–H groups in total. The van der Waals surface area contributed by atoms with Crippen molar-refractivity contribution in [3.63, 3.8) is 0 Å². The van der Waals surface area contributed by atoms with Crippen LogP contribution in [-0.2, 0) is 42.6 Å². The Hall–Kier alpha value is -10.5. The van der Waals surface area contributed by atoms with Gasteiger partial charge in [0.15, 0.2) is 29.0 Å². The summed E-state index contributed by atoms with van der Waals surface area (Å²) in [7, 11) is 9.82. The van der Waals surface area contributed by atoms with Crippen LogP contribution in [0.25, 0.3) is 21.7 Å². The standard InChI is InChI=1S/C37H55N17O6.C28H26ClN3O5/c1-8-13-53-15-17-54(18-16-53)14-9-11-38-28(55)10-12-39-34(57)30-42-25(20-49(30)4)45-36(59)32-44-27(22-51(32)6)47-37(60)33-43-26(21-52(33)7)46-35(58)31-41-24(19-50(31)5)40-29(56)23-48(2)3;1-3-25(34)31-18-6-8-23-16(9-18)11-24(37-23)28(36)32-14-17(13-29)26-20-10-15(27(35)30-4-2)5-7-19(20)22(33)12-21(26)32/h19-22H,8-18,23H2,1-7H3,(H,38,55)(H,39,57)(H,40,56)(H,45,59)(H,46,58)(H,47,60);5-12,17,33H,3-4,13-14H2,1-2H3,(H,30,35)(H,31,34). The van der Waals surface area contributed by atoms with Gasteiger partial charge in [-0.05, 0) is 100 Å². The van der Waals surface area contributed by atoms with Gasteiger partial charge in [0, 0.05) is 158 Å². The number of carbonyl (C=O) groups excluding carboxylic acids is 9. The molecule has 7 heterocycles. The molecular formula is C65H81ClN20O11. The van der Waals surface area contributed by atoms with Crippen LogP contribution in [-0.4, -0.2) is 203 Å². The third-order valence-electron chi connectivity index (χ3n) is 16.0. The molecule has 1 unspecified atom stereocenters. The Morgan fingerprint density at radius 3 is 1.69 bits per heavy atom. The van der Waals surface area contributed by atoms with Crippen molar-refractivity contribution in [1.29, 1.82) is 0 Å². The van der Waals surface area contributed by atoms with E-state index in [4.69, 9.17) is 16.0 Å². The van der Waals surface area contributed by atoms with Gasteiger partial charge in [0.05, 0.1) is 12.2 Å². The molecule has 8 aromatic rings. The van der Waals surface area contributed by atoms with Crippen molar-refractivity contribution in [3.05, 3.63) is 114 Å². The number of likely N-dealkylation sites (N-methyl/N-ethyl adjacent to an activating group) is 1. The Balaban J connectivity index is 0.000000253. The minimum absolute atomic E-state index is 0.000750. The van der Waals surface area contributed by atoms with E-state index in [1.54, 1.807) is 108 Å². The molecule has 0 radical (unpaired) electrons. The van der Waals surface area contributed by atoms with Crippen LogP contribution in [0.2, 0.25) is 0 Å². The van der Waals surface area contributed by atoms with E-state index in [0.717, 1.165) is 57.7 Å². The number of aromatic nitrogens is 8. The SMILES string of the molecule is CCCN1CCN(CCCNC(=O)CCNC(=O)c2nc(NC(=O)c3nc(NC(=O)c4nc(NC(=O)c5nc(NC(=O)CN(C)C)cn5C)cn4C)cn3C)cn2C)CC1.CCNC(=O)c1ccc2c(O)cc3c(c2c1)C(CCl)CN3C(=O)c1cc2cc(NC(=O)CC)ccc2o1. The first-order valence-corrected chi connectivity index (χ1v) is 32.3. The molecule has 10 rings (SSSR count). The second kappa shape index (κ2) is 31.8. The lowest BCUT2D eigenvalue weighted by Gasteiger charge is -2.34. The first-order valence-electron chi connectivity index (χ1n) is 31.7. The number of alkyl halides is 1. The molecule has 9 amide bonds. The number of hydrogen-bond acceptors (Lipinski definition) is 18. The van der Waals surface area contributed by atoms with Gasteiger partial charge in [-0.15, -0.1) is 11.6 Å². The lowest BCUT2D eigenvalue weighted by molar-refractivity contribution is -0.121. The highest BCUT2D eigenvalue weighted by Gasteiger charge is 2.37. The first-order chi connectivity index (χ1) is 46.4. The Bertz CT molecular complexity index is 4270. The molecule has 97 heavy (non-hydrogen) atoms. The van der Waals surface area contributed by atoms with Crippen LogP contribution in [0.5, 0.6) is 5.75 Å². The molecule has 0 bridgehead atoms. The summed E-state index contributed by atoms with van der Waals surface area (Å²) in [5.74, 6) is -3.13. The first kappa shape index (κ1) is 70.8. The van der Waals surface area contributed by atoms with Crippen LogP contribution < -0.4 is 47.4 Å². The predicted octanol–water partition coefficient (Wildman–Crippen LogP) is 4.90. The maximum absolute atomic E-state index is 13.6. The third kappa shape index (κ3) is 17.5. The number of fused-ring (bicyclic) bond motifs is 4. The van der Waals surface area contributed by atoms with Crippen molar-refractivity contribution in [3.8, 4) is 5.75 Å².